The van der Waals surface area contributed by atoms with Crippen molar-refractivity contribution >= 4 is 0 Å². The molecule has 1 aliphatic rings. The number of aliphatic hydroxyl groups is 2. The summed E-state index contributed by atoms with van der Waals surface area (Å²) in [6.07, 6.45) is -0.195. The predicted octanol–water partition coefficient (Wildman–Crippen LogP) is 0.543. The molecule has 1 aliphatic heterocycles. The van der Waals surface area contributed by atoms with Crippen molar-refractivity contribution in [2.24, 2.45) is 5.41 Å². The molecule has 0 unspecified atom stereocenters. The maximum atomic E-state index is 9.59. The minimum atomic E-state index is -0.429. The monoisotopic (exact) mass is 174 g/mol. The quantitative estimate of drug-likeness (QED) is 0.610. The van der Waals surface area contributed by atoms with Crippen LogP contribution in [0.4, 0.5) is 0 Å². The highest BCUT2D eigenvalue weighted by Gasteiger charge is 2.40. The zero-order chi connectivity index (χ0) is 9.35. The van der Waals surface area contributed by atoms with Gasteiger partial charge in [-0.3, -0.25) is 0 Å². The Balaban J connectivity index is 2.58. The van der Waals surface area contributed by atoms with Gasteiger partial charge in [0.2, 0.25) is 0 Å². The van der Waals surface area contributed by atoms with Gasteiger partial charge in [-0.15, -0.1) is 0 Å². The Kier molecular flexibility index (Phi) is 2.76. The summed E-state index contributed by atoms with van der Waals surface area (Å²) in [6, 6.07) is 0. The van der Waals surface area contributed by atoms with Gasteiger partial charge in [0, 0.05) is 6.42 Å². The molecule has 72 valence electrons. The minimum Gasteiger partial charge on any atom is -0.394 e. The van der Waals surface area contributed by atoms with Gasteiger partial charge in [-0.25, -0.2) is 0 Å². The summed E-state index contributed by atoms with van der Waals surface area (Å²) in [5.41, 5.74) is -0.0522. The summed E-state index contributed by atoms with van der Waals surface area (Å²) in [7, 11) is 0. The van der Waals surface area contributed by atoms with Gasteiger partial charge in [0.1, 0.15) is 0 Å². The van der Waals surface area contributed by atoms with Crippen molar-refractivity contribution in [3.63, 3.8) is 0 Å². The first-order valence-corrected chi connectivity index (χ1v) is 4.39. The molecule has 0 spiro atoms. The van der Waals surface area contributed by atoms with Crippen LogP contribution in [0, 0.1) is 5.41 Å². The molecule has 1 saturated heterocycles. The summed E-state index contributed by atoms with van der Waals surface area (Å²) in [5.74, 6) is 0. The number of rotatable bonds is 1. The number of hydrogen-bond donors (Lipinski definition) is 2. The SMILES string of the molecule is CC(C)(C)[C@@H]1O[C@H](CO)C[C@H]1O. The van der Waals surface area contributed by atoms with Gasteiger partial charge in [0.15, 0.2) is 0 Å². The third-order valence-electron chi connectivity index (χ3n) is 2.25. The molecule has 12 heavy (non-hydrogen) atoms. The number of aliphatic hydroxyl groups excluding tert-OH is 2. The lowest BCUT2D eigenvalue weighted by Crippen LogP contribution is -2.34. The maximum absolute atomic E-state index is 9.59. The first-order valence-electron chi connectivity index (χ1n) is 4.39. The van der Waals surface area contributed by atoms with Crippen molar-refractivity contribution < 1.29 is 14.9 Å². The molecule has 3 nitrogen and oxygen atoms in total. The lowest BCUT2D eigenvalue weighted by molar-refractivity contribution is -0.0627. The first-order chi connectivity index (χ1) is 5.45. The van der Waals surface area contributed by atoms with Crippen molar-refractivity contribution in [1.29, 1.82) is 0 Å². The Bertz CT molecular complexity index is 150. The van der Waals surface area contributed by atoms with E-state index in [0.717, 1.165) is 0 Å². The van der Waals surface area contributed by atoms with E-state index in [4.69, 9.17) is 9.84 Å². The van der Waals surface area contributed by atoms with Crippen molar-refractivity contribution in [1.82, 2.24) is 0 Å². The molecular formula is C9H18O3. The van der Waals surface area contributed by atoms with Gasteiger partial charge >= 0.3 is 0 Å². The van der Waals surface area contributed by atoms with Crippen LogP contribution in [0.15, 0.2) is 0 Å². The molecule has 1 heterocycles. The van der Waals surface area contributed by atoms with E-state index in [1.807, 2.05) is 20.8 Å². The topological polar surface area (TPSA) is 49.7 Å². The standard InChI is InChI=1S/C9H18O3/c1-9(2,3)8-7(11)4-6(5-10)12-8/h6-8,10-11H,4-5H2,1-3H3/t6-,7+,8+/m0/s1. The van der Waals surface area contributed by atoms with Gasteiger partial charge in [-0.1, -0.05) is 20.8 Å². The summed E-state index contributed by atoms with van der Waals surface area (Å²) < 4.78 is 5.49. The molecular weight excluding hydrogens is 156 g/mol. The zero-order valence-electron chi connectivity index (χ0n) is 7.95. The fourth-order valence-electron chi connectivity index (χ4n) is 1.65. The summed E-state index contributed by atoms with van der Waals surface area (Å²) >= 11 is 0. The second kappa shape index (κ2) is 3.32. The van der Waals surface area contributed by atoms with Crippen LogP contribution in [0.3, 0.4) is 0 Å². The lowest BCUT2D eigenvalue weighted by Gasteiger charge is -2.28. The smallest absolute Gasteiger partial charge is 0.0887 e. The minimum absolute atomic E-state index is 0.00361. The maximum Gasteiger partial charge on any atom is 0.0887 e. The van der Waals surface area contributed by atoms with E-state index in [9.17, 15) is 5.11 Å². The van der Waals surface area contributed by atoms with E-state index >= 15 is 0 Å². The van der Waals surface area contributed by atoms with Crippen LogP contribution < -0.4 is 0 Å². The van der Waals surface area contributed by atoms with Crippen LogP contribution in [0.25, 0.3) is 0 Å². The summed E-state index contributed by atoms with van der Waals surface area (Å²) in [4.78, 5) is 0. The molecule has 2 N–H and O–H groups in total. The largest absolute Gasteiger partial charge is 0.394 e. The van der Waals surface area contributed by atoms with E-state index in [-0.39, 0.29) is 24.2 Å². The average Bonchev–Trinajstić information content (AvgIpc) is 2.29. The van der Waals surface area contributed by atoms with Crippen molar-refractivity contribution in [3.05, 3.63) is 0 Å². The highest BCUT2D eigenvalue weighted by Crippen LogP contribution is 2.33. The number of hydrogen-bond acceptors (Lipinski definition) is 3. The van der Waals surface area contributed by atoms with Crippen LogP contribution in [0.2, 0.25) is 0 Å². The molecule has 0 bridgehead atoms. The van der Waals surface area contributed by atoms with Gasteiger partial charge < -0.3 is 14.9 Å². The Morgan fingerprint density at radius 2 is 2.00 bits per heavy atom. The zero-order valence-corrected chi connectivity index (χ0v) is 7.95. The Morgan fingerprint density at radius 1 is 1.42 bits per heavy atom. The van der Waals surface area contributed by atoms with Gasteiger partial charge in [-0.2, -0.15) is 0 Å². The molecule has 0 aromatic rings. The molecule has 3 heteroatoms. The second-order valence-electron chi connectivity index (χ2n) is 4.53. The highest BCUT2D eigenvalue weighted by molar-refractivity contribution is 4.89. The van der Waals surface area contributed by atoms with E-state index in [2.05, 4.69) is 0 Å². The molecule has 0 amide bonds. The van der Waals surface area contributed by atoms with Crippen molar-refractivity contribution in [2.45, 2.75) is 45.5 Å². The van der Waals surface area contributed by atoms with Gasteiger partial charge in [0.05, 0.1) is 24.9 Å². The third-order valence-corrected chi connectivity index (χ3v) is 2.25. The molecule has 1 fully saturated rings. The van der Waals surface area contributed by atoms with Crippen LogP contribution in [0.5, 0.6) is 0 Å². The number of ether oxygens (including phenoxy) is 1. The molecule has 1 rings (SSSR count). The second-order valence-corrected chi connectivity index (χ2v) is 4.53. The Labute approximate surface area is 73.4 Å². The Morgan fingerprint density at radius 3 is 2.25 bits per heavy atom. The predicted molar refractivity (Wildman–Crippen MR) is 45.8 cm³/mol. The van der Waals surface area contributed by atoms with Crippen molar-refractivity contribution in [3.8, 4) is 0 Å². The molecule has 0 radical (unpaired) electrons. The fraction of sp³-hybridized carbons (Fsp3) is 1.00. The molecule has 0 aromatic heterocycles. The van der Waals surface area contributed by atoms with E-state index in [1.165, 1.54) is 0 Å². The van der Waals surface area contributed by atoms with E-state index < -0.39 is 6.10 Å². The lowest BCUT2D eigenvalue weighted by atomic mass is 9.86. The molecule has 0 aliphatic carbocycles. The molecule has 3 atom stereocenters. The third kappa shape index (κ3) is 1.97. The van der Waals surface area contributed by atoms with Crippen LogP contribution in [0.1, 0.15) is 27.2 Å². The van der Waals surface area contributed by atoms with Gasteiger partial charge in [-0.05, 0) is 5.41 Å². The highest BCUT2D eigenvalue weighted by atomic mass is 16.5. The molecule has 0 saturated carbocycles. The van der Waals surface area contributed by atoms with Crippen LogP contribution >= 0.6 is 0 Å². The normalized spacial score (nSPS) is 37.2. The van der Waals surface area contributed by atoms with Crippen LogP contribution in [-0.4, -0.2) is 35.1 Å². The fourth-order valence-corrected chi connectivity index (χ4v) is 1.65. The first kappa shape index (κ1) is 9.96. The van der Waals surface area contributed by atoms with Crippen LogP contribution in [-0.2, 0) is 4.74 Å². The van der Waals surface area contributed by atoms with E-state index in [0.29, 0.717) is 6.42 Å². The Hall–Kier alpha value is -0.120. The summed E-state index contributed by atoms with van der Waals surface area (Å²) in [5, 5.41) is 18.4. The molecule has 0 aromatic carbocycles. The average molecular weight is 174 g/mol. The van der Waals surface area contributed by atoms with Gasteiger partial charge in [0.25, 0.3) is 0 Å². The summed E-state index contributed by atoms with van der Waals surface area (Å²) in [6.45, 7) is 6.09. The van der Waals surface area contributed by atoms with Crippen molar-refractivity contribution in [2.75, 3.05) is 6.61 Å². The van der Waals surface area contributed by atoms with E-state index in [1.54, 1.807) is 0 Å².